The molecule has 0 saturated heterocycles. The minimum Gasteiger partial charge on any atom is -0.301 e. The van der Waals surface area contributed by atoms with E-state index in [0.29, 0.717) is 16.4 Å². The average Bonchev–Trinajstić information content (AvgIpc) is 2.26. The molecule has 6 heteroatoms. The van der Waals surface area contributed by atoms with Crippen LogP contribution in [0.2, 0.25) is 0 Å². The second-order valence-corrected chi connectivity index (χ2v) is 5.94. The molecule has 1 aromatic carbocycles. The Balaban J connectivity index is 2.45. The molecule has 0 spiro atoms. The van der Waals surface area contributed by atoms with E-state index in [4.69, 9.17) is 0 Å². The van der Waals surface area contributed by atoms with Gasteiger partial charge in [-0.25, -0.2) is 4.98 Å². The normalized spacial score (nSPS) is 10.5. The predicted molar refractivity (Wildman–Crippen MR) is 77.9 cm³/mol. The summed E-state index contributed by atoms with van der Waals surface area (Å²) in [6, 6.07) is 6.83. The third kappa shape index (κ3) is 3.54. The van der Waals surface area contributed by atoms with E-state index in [1.54, 1.807) is 13.0 Å². The number of Topliss-reactive ketones (excluding diaryl/α,β-unsaturated/α-hetero) is 1. The lowest BCUT2D eigenvalue weighted by atomic mass is 10.1. The first kappa shape index (κ1) is 14.0. The van der Waals surface area contributed by atoms with E-state index >= 15 is 0 Å². The minimum atomic E-state index is -0.200. The molecule has 0 aliphatic heterocycles. The molecule has 2 aromatic rings. The largest absolute Gasteiger partial charge is 0.301 e. The average molecular weight is 339 g/mol. The molecule has 0 unspecified atom stereocenters. The van der Waals surface area contributed by atoms with Crippen LogP contribution in [0.25, 0.3) is 0 Å². The van der Waals surface area contributed by atoms with Crippen molar-refractivity contribution in [1.29, 1.82) is 0 Å². The maximum absolute atomic E-state index is 11.6. The van der Waals surface area contributed by atoms with Crippen LogP contribution in [0.4, 0.5) is 0 Å². The van der Waals surface area contributed by atoms with Crippen molar-refractivity contribution in [2.45, 2.75) is 23.9 Å². The molecule has 19 heavy (non-hydrogen) atoms. The molecule has 98 valence electrons. The van der Waals surface area contributed by atoms with Gasteiger partial charge in [-0.2, -0.15) is 0 Å². The number of hydrogen-bond donors (Lipinski definition) is 1. The second-order valence-electron chi connectivity index (χ2n) is 3.99. The van der Waals surface area contributed by atoms with E-state index in [9.17, 15) is 9.59 Å². The summed E-state index contributed by atoms with van der Waals surface area (Å²) in [6.45, 7) is 3.27. The van der Waals surface area contributed by atoms with Crippen LogP contribution in [0, 0.1) is 6.92 Å². The first-order chi connectivity index (χ1) is 8.95. The number of ketones is 1. The first-order valence-corrected chi connectivity index (χ1v) is 7.13. The zero-order chi connectivity index (χ0) is 14.0. The Morgan fingerprint density at radius 1 is 1.37 bits per heavy atom. The molecular weight excluding hydrogens is 328 g/mol. The molecule has 0 aliphatic carbocycles. The summed E-state index contributed by atoms with van der Waals surface area (Å²) in [5, 5.41) is 0.477. The van der Waals surface area contributed by atoms with Gasteiger partial charge in [0.25, 0.3) is 5.56 Å². The highest BCUT2D eigenvalue weighted by atomic mass is 79.9. The minimum absolute atomic E-state index is 0.0231. The van der Waals surface area contributed by atoms with E-state index in [1.165, 1.54) is 24.8 Å². The van der Waals surface area contributed by atoms with Crippen molar-refractivity contribution >= 4 is 33.5 Å². The van der Waals surface area contributed by atoms with Gasteiger partial charge in [0.2, 0.25) is 0 Å². The Bertz CT molecular complexity index is 697. The van der Waals surface area contributed by atoms with Crippen LogP contribution in [0.1, 0.15) is 23.0 Å². The van der Waals surface area contributed by atoms with E-state index < -0.39 is 0 Å². The molecule has 4 nitrogen and oxygen atoms in total. The van der Waals surface area contributed by atoms with Gasteiger partial charge in [-0.05, 0) is 32.0 Å². The van der Waals surface area contributed by atoms with Gasteiger partial charge in [-0.1, -0.05) is 27.7 Å². The van der Waals surface area contributed by atoms with Crippen molar-refractivity contribution in [3.8, 4) is 0 Å². The fraction of sp³-hybridized carbons (Fsp3) is 0.154. The fourth-order valence-electron chi connectivity index (χ4n) is 1.58. The molecule has 0 fully saturated rings. The summed E-state index contributed by atoms with van der Waals surface area (Å²) in [5.74, 6) is -0.0231. The summed E-state index contributed by atoms with van der Waals surface area (Å²) >= 11 is 4.64. The Labute approximate surface area is 122 Å². The highest BCUT2D eigenvalue weighted by molar-refractivity contribution is 9.10. The number of aromatic nitrogens is 2. The number of carbonyl (C=O) groups excluding carboxylic acids is 1. The molecule has 0 radical (unpaired) electrons. The lowest BCUT2D eigenvalue weighted by molar-refractivity contribution is 0.101. The van der Waals surface area contributed by atoms with Crippen molar-refractivity contribution in [1.82, 2.24) is 9.97 Å². The topological polar surface area (TPSA) is 62.8 Å². The third-order valence-corrected chi connectivity index (χ3v) is 3.82. The zero-order valence-corrected chi connectivity index (χ0v) is 12.8. The number of benzene rings is 1. The van der Waals surface area contributed by atoms with Gasteiger partial charge in [0.05, 0.1) is 0 Å². The molecule has 0 amide bonds. The highest BCUT2D eigenvalue weighted by Crippen LogP contribution is 2.30. The molecule has 0 atom stereocenters. The molecule has 0 saturated carbocycles. The number of halogens is 1. The summed E-state index contributed by atoms with van der Waals surface area (Å²) < 4.78 is 0.870. The Morgan fingerprint density at radius 2 is 2.11 bits per heavy atom. The quantitative estimate of drug-likeness (QED) is 0.689. The predicted octanol–water partition coefficient (Wildman–Crippen LogP) is 3.19. The number of nitrogens with one attached hydrogen (secondary N) is 1. The standard InChI is InChI=1S/C13H11BrN2O2S/c1-7-5-12(18)16-13(15-7)19-11-6-9(14)3-4-10(11)8(2)17/h3-6H,1-2H3,(H,15,16,18). The third-order valence-electron chi connectivity index (χ3n) is 2.38. The zero-order valence-electron chi connectivity index (χ0n) is 10.4. The van der Waals surface area contributed by atoms with Gasteiger partial charge in [0.1, 0.15) is 0 Å². The van der Waals surface area contributed by atoms with Gasteiger partial charge in [-0.15, -0.1) is 0 Å². The number of nitrogens with zero attached hydrogens (tertiary/aromatic N) is 1. The molecule has 1 N–H and O–H groups in total. The maximum Gasteiger partial charge on any atom is 0.251 e. The van der Waals surface area contributed by atoms with Gasteiger partial charge < -0.3 is 4.98 Å². The summed E-state index contributed by atoms with van der Waals surface area (Å²) in [6.07, 6.45) is 0. The van der Waals surface area contributed by atoms with Crippen molar-refractivity contribution in [2.75, 3.05) is 0 Å². The summed E-state index contributed by atoms with van der Waals surface area (Å²) in [5.41, 5.74) is 1.05. The van der Waals surface area contributed by atoms with Gasteiger partial charge in [0, 0.05) is 26.7 Å². The van der Waals surface area contributed by atoms with E-state index in [-0.39, 0.29) is 11.3 Å². The maximum atomic E-state index is 11.6. The number of aryl methyl sites for hydroxylation is 1. The summed E-state index contributed by atoms with van der Waals surface area (Å²) in [7, 11) is 0. The van der Waals surface area contributed by atoms with Crippen molar-refractivity contribution < 1.29 is 4.79 Å². The second kappa shape index (κ2) is 5.71. The lowest BCUT2D eigenvalue weighted by Gasteiger charge is -2.07. The van der Waals surface area contributed by atoms with Gasteiger partial charge in [0.15, 0.2) is 10.9 Å². The van der Waals surface area contributed by atoms with E-state index in [1.807, 2.05) is 12.1 Å². The van der Waals surface area contributed by atoms with Gasteiger partial charge in [-0.3, -0.25) is 9.59 Å². The van der Waals surface area contributed by atoms with Crippen LogP contribution in [-0.4, -0.2) is 15.8 Å². The van der Waals surface area contributed by atoms with E-state index in [0.717, 1.165) is 9.37 Å². The Hall–Kier alpha value is -1.40. The van der Waals surface area contributed by atoms with Crippen LogP contribution in [0.5, 0.6) is 0 Å². The number of H-pyrrole nitrogens is 1. The molecule has 0 aliphatic rings. The van der Waals surface area contributed by atoms with Gasteiger partial charge >= 0.3 is 0 Å². The van der Waals surface area contributed by atoms with Crippen molar-refractivity contribution in [2.24, 2.45) is 0 Å². The molecule has 0 bridgehead atoms. The number of hydrogen-bond acceptors (Lipinski definition) is 4. The Morgan fingerprint density at radius 3 is 2.74 bits per heavy atom. The molecular formula is C13H11BrN2O2S. The van der Waals surface area contributed by atoms with Crippen LogP contribution in [-0.2, 0) is 0 Å². The molecule has 1 heterocycles. The monoisotopic (exact) mass is 338 g/mol. The smallest absolute Gasteiger partial charge is 0.251 e. The summed E-state index contributed by atoms with van der Waals surface area (Å²) in [4.78, 5) is 30.6. The molecule has 1 aromatic heterocycles. The van der Waals surface area contributed by atoms with Crippen LogP contribution < -0.4 is 5.56 Å². The number of carbonyl (C=O) groups is 1. The van der Waals surface area contributed by atoms with Crippen molar-refractivity contribution in [3.63, 3.8) is 0 Å². The number of aromatic amines is 1. The van der Waals surface area contributed by atoms with Crippen LogP contribution >= 0.6 is 27.7 Å². The first-order valence-electron chi connectivity index (χ1n) is 5.52. The van der Waals surface area contributed by atoms with E-state index in [2.05, 4.69) is 25.9 Å². The number of rotatable bonds is 3. The SMILES string of the molecule is CC(=O)c1ccc(Br)cc1Sc1nc(C)cc(=O)[nH]1. The lowest BCUT2D eigenvalue weighted by Crippen LogP contribution is -2.08. The Kier molecular flexibility index (Phi) is 4.21. The fourth-order valence-corrected chi connectivity index (χ4v) is 3.15. The van der Waals surface area contributed by atoms with Crippen molar-refractivity contribution in [3.05, 3.63) is 50.3 Å². The molecule has 2 rings (SSSR count). The highest BCUT2D eigenvalue weighted by Gasteiger charge is 2.11. The van der Waals surface area contributed by atoms with Crippen LogP contribution in [0.15, 0.2) is 43.6 Å². The van der Waals surface area contributed by atoms with Crippen LogP contribution in [0.3, 0.4) is 0 Å².